The Morgan fingerprint density at radius 2 is 2.05 bits per heavy atom. The zero-order chi connectivity index (χ0) is 14.3. The molecule has 1 aromatic rings. The normalized spacial score (nSPS) is 19.5. The predicted octanol–water partition coefficient (Wildman–Crippen LogP) is 1.52. The maximum Gasteiger partial charge on any atom is 0.534 e. The SMILES string of the molecule is NC1CCc2c(cccc2OS(=O)(=O)C(F)(F)F)O1. The molecule has 1 aromatic carbocycles. The number of ether oxygens (including phenoxy) is 1. The highest BCUT2D eigenvalue weighted by Gasteiger charge is 2.49. The molecule has 0 saturated heterocycles. The van der Waals surface area contributed by atoms with Crippen LogP contribution in [0.5, 0.6) is 11.5 Å². The van der Waals surface area contributed by atoms with Gasteiger partial charge in [0.25, 0.3) is 0 Å². The number of hydrogen-bond acceptors (Lipinski definition) is 5. The number of rotatable bonds is 2. The van der Waals surface area contributed by atoms with E-state index in [2.05, 4.69) is 4.18 Å². The fourth-order valence-corrected chi connectivity index (χ4v) is 2.14. The molecule has 0 aromatic heterocycles. The molecule has 0 fully saturated rings. The third-order valence-corrected chi connectivity index (χ3v) is 3.50. The summed E-state index contributed by atoms with van der Waals surface area (Å²) >= 11 is 0. The van der Waals surface area contributed by atoms with Crippen molar-refractivity contribution < 1.29 is 30.5 Å². The molecule has 0 saturated carbocycles. The zero-order valence-corrected chi connectivity index (χ0v) is 10.3. The van der Waals surface area contributed by atoms with Crippen molar-refractivity contribution in [2.24, 2.45) is 5.73 Å². The Labute approximate surface area is 107 Å². The smallest absolute Gasteiger partial charge is 0.475 e. The second-order valence-corrected chi connectivity index (χ2v) is 5.45. The molecular formula is C10H10F3NO4S. The van der Waals surface area contributed by atoms with Crippen LogP contribution in [0.2, 0.25) is 0 Å². The van der Waals surface area contributed by atoms with Crippen molar-refractivity contribution in [2.75, 3.05) is 0 Å². The van der Waals surface area contributed by atoms with E-state index >= 15 is 0 Å². The van der Waals surface area contributed by atoms with Crippen molar-refractivity contribution in [3.8, 4) is 11.5 Å². The largest absolute Gasteiger partial charge is 0.534 e. The van der Waals surface area contributed by atoms with Crippen LogP contribution in [0.15, 0.2) is 18.2 Å². The number of alkyl halides is 3. The third kappa shape index (κ3) is 2.76. The predicted molar refractivity (Wildman–Crippen MR) is 59.0 cm³/mol. The number of benzene rings is 1. The van der Waals surface area contributed by atoms with E-state index < -0.39 is 21.9 Å². The molecule has 0 amide bonds. The van der Waals surface area contributed by atoms with Crippen molar-refractivity contribution in [2.45, 2.75) is 24.6 Å². The van der Waals surface area contributed by atoms with E-state index in [1.165, 1.54) is 12.1 Å². The van der Waals surface area contributed by atoms with Gasteiger partial charge in [-0.05, 0) is 18.6 Å². The summed E-state index contributed by atoms with van der Waals surface area (Å²) in [7, 11) is -5.68. The van der Waals surface area contributed by atoms with E-state index in [9.17, 15) is 21.6 Å². The van der Waals surface area contributed by atoms with E-state index in [0.717, 1.165) is 6.07 Å². The van der Waals surface area contributed by atoms with E-state index in [4.69, 9.17) is 10.5 Å². The van der Waals surface area contributed by atoms with Crippen LogP contribution in [0.25, 0.3) is 0 Å². The summed E-state index contributed by atoms with van der Waals surface area (Å²) in [5.41, 5.74) is 0.325. The average Bonchev–Trinajstić information content (AvgIpc) is 2.26. The highest BCUT2D eigenvalue weighted by Crippen LogP contribution is 2.36. The van der Waals surface area contributed by atoms with Crippen LogP contribution in [0.3, 0.4) is 0 Å². The zero-order valence-electron chi connectivity index (χ0n) is 9.48. The molecule has 0 bridgehead atoms. The monoisotopic (exact) mass is 297 g/mol. The van der Waals surface area contributed by atoms with E-state index in [-0.39, 0.29) is 23.5 Å². The molecule has 1 heterocycles. The number of halogens is 3. The van der Waals surface area contributed by atoms with Crippen LogP contribution in [-0.4, -0.2) is 20.2 Å². The molecule has 0 spiro atoms. The van der Waals surface area contributed by atoms with Gasteiger partial charge >= 0.3 is 15.6 Å². The molecule has 106 valence electrons. The summed E-state index contributed by atoms with van der Waals surface area (Å²) < 4.78 is 68.0. The Morgan fingerprint density at radius 3 is 2.68 bits per heavy atom. The minimum Gasteiger partial charge on any atom is -0.475 e. The van der Waals surface area contributed by atoms with E-state index in [1.54, 1.807) is 0 Å². The summed E-state index contributed by atoms with van der Waals surface area (Å²) in [4.78, 5) is 0. The van der Waals surface area contributed by atoms with Gasteiger partial charge in [-0.3, -0.25) is 5.73 Å². The molecule has 1 unspecified atom stereocenters. The molecule has 2 rings (SSSR count). The molecule has 1 aliphatic heterocycles. The van der Waals surface area contributed by atoms with Crippen LogP contribution >= 0.6 is 0 Å². The Balaban J connectivity index is 2.36. The Kier molecular flexibility index (Phi) is 3.35. The third-order valence-electron chi connectivity index (χ3n) is 2.53. The van der Waals surface area contributed by atoms with Gasteiger partial charge in [0.05, 0.1) is 0 Å². The van der Waals surface area contributed by atoms with Crippen LogP contribution in [-0.2, 0) is 16.5 Å². The molecule has 19 heavy (non-hydrogen) atoms. The van der Waals surface area contributed by atoms with Gasteiger partial charge in [0, 0.05) is 12.0 Å². The summed E-state index contributed by atoms with van der Waals surface area (Å²) in [5, 5.41) is 0. The molecule has 1 atom stereocenters. The van der Waals surface area contributed by atoms with E-state index in [1.807, 2.05) is 0 Å². The number of hydrogen-bond donors (Lipinski definition) is 1. The lowest BCUT2D eigenvalue weighted by atomic mass is 10.0. The van der Waals surface area contributed by atoms with Gasteiger partial charge in [-0.15, -0.1) is 0 Å². The molecule has 9 heteroatoms. The van der Waals surface area contributed by atoms with Crippen molar-refractivity contribution in [1.82, 2.24) is 0 Å². The van der Waals surface area contributed by atoms with Gasteiger partial charge in [-0.1, -0.05) is 6.07 Å². The van der Waals surface area contributed by atoms with Gasteiger partial charge in [0.2, 0.25) is 0 Å². The fraction of sp³-hybridized carbons (Fsp3) is 0.400. The molecule has 1 aliphatic rings. The highest BCUT2D eigenvalue weighted by molar-refractivity contribution is 7.88. The van der Waals surface area contributed by atoms with Crippen molar-refractivity contribution in [3.63, 3.8) is 0 Å². The Morgan fingerprint density at radius 1 is 1.37 bits per heavy atom. The van der Waals surface area contributed by atoms with Gasteiger partial charge in [0.15, 0.2) is 0 Å². The topological polar surface area (TPSA) is 78.6 Å². The standard InChI is InChI=1S/C10H10F3NO4S/c11-10(12,13)19(15,16)18-8-3-1-2-7-6(8)4-5-9(14)17-7/h1-3,9H,4-5,14H2. The first-order chi connectivity index (χ1) is 8.71. The Bertz CT molecular complexity index is 585. The van der Waals surface area contributed by atoms with Gasteiger partial charge < -0.3 is 8.92 Å². The van der Waals surface area contributed by atoms with Gasteiger partial charge in [-0.2, -0.15) is 21.6 Å². The van der Waals surface area contributed by atoms with Crippen molar-refractivity contribution in [3.05, 3.63) is 23.8 Å². The second-order valence-electron chi connectivity index (χ2n) is 3.91. The molecule has 0 radical (unpaired) electrons. The maximum absolute atomic E-state index is 12.2. The van der Waals surface area contributed by atoms with Crippen molar-refractivity contribution in [1.29, 1.82) is 0 Å². The molecule has 0 aliphatic carbocycles. The lowest BCUT2D eigenvalue weighted by molar-refractivity contribution is -0.0500. The first-order valence-corrected chi connectivity index (χ1v) is 6.66. The summed E-state index contributed by atoms with van der Waals surface area (Å²) in [6, 6.07) is 3.96. The van der Waals surface area contributed by atoms with Gasteiger partial charge in [-0.25, -0.2) is 0 Å². The summed E-state index contributed by atoms with van der Waals surface area (Å²) in [5.74, 6) is -0.157. The summed E-state index contributed by atoms with van der Waals surface area (Å²) in [6.07, 6.45) is 0.0708. The summed E-state index contributed by atoms with van der Waals surface area (Å²) in [6.45, 7) is 0. The molecular weight excluding hydrogens is 287 g/mol. The number of fused-ring (bicyclic) bond motifs is 1. The average molecular weight is 297 g/mol. The Hall–Kier alpha value is -1.48. The van der Waals surface area contributed by atoms with E-state index in [0.29, 0.717) is 6.42 Å². The first-order valence-electron chi connectivity index (χ1n) is 5.25. The quantitative estimate of drug-likeness (QED) is 0.661. The highest BCUT2D eigenvalue weighted by atomic mass is 32.2. The number of nitrogens with two attached hydrogens (primary N) is 1. The van der Waals surface area contributed by atoms with Gasteiger partial charge in [0.1, 0.15) is 17.7 Å². The van der Waals surface area contributed by atoms with Crippen LogP contribution in [0.4, 0.5) is 13.2 Å². The maximum atomic E-state index is 12.2. The lowest BCUT2D eigenvalue weighted by Crippen LogP contribution is -2.32. The lowest BCUT2D eigenvalue weighted by Gasteiger charge is -2.24. The molecule has 2 N–H and O–H groups in total. The van der Waals surface area contributed by atoms with Crippen molar-refractivity contribution >= 4 is 10.1 Å². The van der Waals surface area contributed by atoms with Crippen LogP contribution in [0, 0.1) is 0 Å². The molecule has 5 nitrogen and oxygen atoms in total. The van der Waals surface area contributed by atoms with Crippen LogP contribution in [0.1, 0.15) is 12.0 Å². The van der Waals surface area contributed by atoms with Crippen LogP contribution < -0.4 is 14.7 Å². The minimum atomic E-state index is -5.68. The first kappa shape index (κ1) is 13.9. The fourth-order valence-electron chi connectivity index (χ4n) is 1.65. The minimum absolute atomic E-state index is 0.230. The second kappa shape index (κ2) is 4.57.